The van der Waals surface area contributed by atoms with E-state index in [9.17, 15) is 4.79 Å². The molecule has 1 aromatic rings. The van der Waals surface area contributed by atoms with Crippen molar-refractivity contribution in [3.63, 3.8) is 0 Å². The van der Waals surface area contributed by atoms with Gasteiger partial charge in [0, 0.05) is 6.04 Å². The predicted molar refractivity (Wildman–Crippen MR) is 72.9 cm³/mol. The maximum Gasteiger partial charge on any atom is 0.411 e. The van der Waals surface area contributed by atoms with Crippen LogP contribution in [0.3, 0.4) is 0 Å². The predicted octanol–water partition coefficient (Wildman–Crippen LogP) is 2.32. The van der Waals surface area contributed by atoms with Crippen molar-refractivity contribution >= 4 is 6.09 Å². The molecular weight excluding hydrogens is 240 g/mol. The highest BCUT2D eigenvalue weighted by molar-refractivity contribution is 5.71. The SMILES string of the molecule is C[C@@H]1[C@H](c2ccccc2)OC(=O)N1C1CCNCC1. The Hall–Kier alpha value is -1.55. The molecular formula is C15H20N2O2. The van der Waals surface area contributed by atoms with E-state index in [0.29, 0.717) is 6.04 Å². The highest BCUT2D eigenvalue weighted by atomic mass is 16.6. The van der Waals surface area contributed by atoms with Crippen LogP contribution in [0.15, 0.2) is 30.3 Å². The molecule has 0 saturated carbocycles. The summed E-state index contributed by atoms with van der Waals surface area (Å²) in [5, 5.41) is 3.33. The van der Waals surface area contributed by atoms with Gasteiger partial charge in [0.2, 0.25) is 0 Å². The monoisotopic (exact) mass is 260 g/mol. The smallest absolute Gasteiger partial charge is 0.411 e. The number of rotatable bonds is 2. The maximum absolute atomic E-state index is 12.2. The largest absolute Gasteiger partial charge is 0.439 e. The highest BCUT2D eigenvalue weighted by Gasteiger charge is 2.43. The number of hydrogen-bond acceptors (Lipinski definition) is 3. The molecule has 0 bridgehead atoms. The molecule has 2 fully saturated rings. The first kappa shape index (κ1) is 12.5. The van der Waals surface area contributed by atoms with Crippen molar-refractivity contribution in [1.82, 2.24) is 10.2 Å². The van der Waals surface area contributed by atoms with E-state index in [-0.39, 0.29) is 18.2 Å². The number of nitrogens with zero attached hydrogens (tertiary/aromatic N) is 1. The highest BCUT2D eigenvalue weighted by Crippen LogP contribution is 2.35. The molecule has 2 heterocycles. The van der Waals surface area contributed by atoms with Crippen LogP contribution in [0.4, 0.5) is 4.79 Å². The second-order valence-corrected chi connectivity index (χ2v) is 5.34. The van der Waals surface area contributed by atoms with Crippen LogP contribution in [0, 0.1) is 0 Å². The minimum absolute atomic E-state index is 0.109. The Kier molecular flexibility index (Phi) is 3.42. The van der Waals surface area contributed by atoms with E-state index in [1.807, 2.05) is 35.2 Å². The average Bonchev–Trinajstić information content (AvgIpc) is 2.76. The van der Waals surface area contributed by atoms with Crippen molar-refractivity contribution in [1.29, 1.82) is 0 Å². The molecule has 0 aliphatic carbocycles. The summed E-state index contributed by atoms with van der Waals surface area (Å²) in [6.45, 7) is 4.05. The summed E-state index contributed by atoms with van der Waals surface area (Å²) in [7, 11) is 0. The zero-order chi connectivity index (χ0) is 13.2. The van der Waals surface area contributed by atoms with Gasteiger partial charge in [-0.1, -0.05) is 30.3 Å². The van der Waals surface area contributed by atoms with Gasteiger partial charge in [-0.2, -0.15) is 0 Å². The lowest BCUT2D eigenvalue weighted by Crippen LogP contribution is -2.46. The van der Waals surface area contributed by atoms with Gasteiger partial charge >= 0.3 is 6.09 Å². The molecule has 4 nitrogen and oxygen atoms in total. The molecule has 2 aliphatic heterocycles. The summed E-state index contributed by atoms with van der Waals surface area (Å²) in [5.41, 5.74) is 1.08. The van der Waals surface area contributed by atoms with Crippen molar-refractivity contribution in [3.05, 3.63) is 35.9 Å². The van der Waals surface area contributed by atoms with Crippen molar-refractivity contribution in [2.75, 3.05) is 13.1 Å². The topological polar surface area (TPSA) is 41.6 Å². The van der Waals surface area contributed by atoms with E-state index < -0.39 is 0 Å². The molecule has 3 rings (SSSR count). The van der Waals surface area contributed by atoms with Crippen molar-refractivity contribution in [2.24, 2.45) is 0 Å². The number of amides is 1. The van der Waals surface area contributed by atoms with Crippen LogP contribution in [-0.2, 0) is 4.74 Å². The van der Waals surface area contributed by atoms with Gasteiger partial charge in [0.15, 0.2) is 0 Å². The number of nitrogens with one attached hydrogen (secondary N) is 1. The molecule has 102 valence electrons. The minimum atomic E-state index is -0.159. The fraction of sp³-hybridized carbons (Fsp3) is 0.533. The molecule has 0 aromatic heterocycles. The molecule has 4 heteroatoms. The van der Waals surface area contributed by atoms with E-state index in [0.717, 1.165) is 31.5 Å². The molecule has 0 spiro atoms. The van der Waals surface area contributed by atoms with Crippen LogP contribution >= 0.6 is 0 Å². The third-order valence-corrected chi connectivity index (χ3v) is 4.15. The number of carbonyl (C=O) groups is 1. The van der Waals surface area contributed by atoms with Crippen LogP contribution in [0.5, 0.6) is 0 Å². The lowest BCUT2D eigenvalue weighted by molar-refractivity contribution is 0.124. The Bertz CT molecular complexity index is 443. The summed E-state index contributed by atoms with van der Waals surface area (Å²) in [5.74, 6) is 0. The zero-order valence-corrected chi connectivity index (χ0v) is 11.2. The normalized spacial score (nSPS) is 28.5. The Morgan fingerprint density at radius 3 is 2.58 bits per heavy atom. The molecule has 2 atom stereocenters. The van der Waals surface area contributed by atoms with Gasteiger partial charge in [-0.15, -0.1) is 0 Å². The molecule has 2 aliphatic rings. The van der Waals surface area contributed by atoms with Crippen LogP contribution in [0.2, 0.25) is 0 Å². The summed E-state index contributed by atoms with van der Waals surface area (Å²) < 4.78 is 5.59. The van der Waals surface area contributed by atoms with Gasteiger partial charge in [0.1, 0.15) is 6.10 Å². The first-order chi connectivity index (χ1) is 9.27. The molecule has 1 amide bonds. The zero-order valence-electron chi connectivity index (χ0n) is 11.2. The molecule has 1 N–H and O–H groups in total. The van der Waals surface area contributed by atoms with Crippen molar-refractivity contribution in [3.8, 4) is 0 Å². The summed E-state index contributed by atoms with van der Waals surface area (Å²) in [6.07, 6.45) is 1.74. The Labute approximate surface area is 113 Å². The summed E-state index contributed by atoms with van der Waals surface area (Å²) >= 11 is 0. The number of ether oxygens (including phenoxy) is 1. The number of benzene rings is 1. The van der Waals surface area contributed by atoms with Gasteiger partial charge < -0.3 is 10.1 Å². The molecule has 1 aromatic carbocycles. The molecule has 0 unspecified atom stereocenters. The van der Waals surface area contributed by atoms with Crippen LogP contribution in [0.25, 0.3) is 0 Å². The third-order valence-electron chi connectivity index (χ3n) is 4.15. The van der Waals surface area contributed by atoms with Crippen molar-refractivity contribution in [2.45, 2.75) is 38.0 Å². The quantitative estimate of drug-likeness (QED) is 0.887. The van der Waals surface area contributed by atoms with E-state index >= 15 is 0 Å². The van der Waals surface area contributed by atoms with E-state index in [4.69, 9.17) is 4.74 Å². The van der Waals surface area contributed by atoms with Gasteiger partial charge in [-0.3, -0.25) is 4.90 Å². The Balaban J connectivity index is 1.79. The van der Waals surface area contributed by atoms with Gasteiger partial charge in [-0.25, -0.2) is 4.79 Å². The summed E-state index contributed by atoms with van der Waals surface area (Å²) in [4.78, 5) is 14.1. The lowest BCUT2D eigenvalue weighted by Gasteiger charge is -2.33. The van der Waals surface area contributed by atoms with Gasteiger partial charge in [-0.05, 0) is 38.4 Å². The first-order valence-corrected chi connectivity index (χ1v) is 7.02. The van der Waals surface area contributed by atoms with E-state index in [1.165, 1.54) is 0 Å². The first-order valence-electron chi connectivity index (χ1n) is 7.02. The minimum Gasteiger partial charge on any atom is -0.439 e. The molecule has 19 heavy (non-hydrogen) atoms. The third kappa shape index (κ3) is 2.32. The van der Waals surface area contributed by atoms with Crippen molar-refractivity contribution < 1.29 is 9.53 Å². The Morgan fingerprint density at radius 1 is 1.21 bits per heavy atom. The lowest BCUT2D eigenvalue weighted by atomic mass is 9.99. The van der Waals surface area contributed by atoms with E-state index in [2.05, 4.69) is 12.2 Å². The second kappa shape index (κ2) is 5.21. The second-order valence-electron chi connectivity index (χ2n) is 5.34. The van der Waals surface area contributed by atoms with Gasteiger partial charge in [0.25, 0.3) is 0 Å². The summed E-state index contributed by atoms with van der Waals surface area (Å²) in [6, 6.07) is 10.4. The fourth-order valence-corrected chi connectivity index (χ4v) is 3.14. The fourth-order valence-electron chi connectivity index (χ4n) is 3.14. The average molecular weight is 260 g/mol. The number of cyclic esters (lactones) is 1. The molecule has 2 saturated heterocycles. The standard InChI is InChI=1S/C15H20N2O2/c1-11-14(12-5-3-2-4-6-12)19-15(18)17(11)13-7-9-16-10-8-13/h2-6,11,13-14,16H,7-10H2,1H3/t11-,14-/m1/s1. The Morgan fingerprint density at radius 2 is 1.89 bits per heavy atom. The van der Waals surface area contributed by atoms with Crippen LogP contribution in [-0.4, -0.2) is 36.2 Å². The molecule has 0 radical (unpaired) electrons. The maximum atomic E-state index is 12.2. The number of piperidine rings is 1. The number of hydrogen-bond donors (Lipinski definition) is 1. The van der Waals surface area contributed by atoms with Crippen LogP contribution in [0.1, 0.15) is 31.4 Å². The number of carbonyl (C=O) groups excluding carboxylic acids is 1. The van der Waals surface area contributed by atoms with E-state index in [1.54, 1.807) is 0 Å². The van der Waals surface area contributed by atoms with Gasteiger partial charge in [0.05, 0.1) is 6.04 Å². The van der Waals surface area contributed by atoms with Crippen LogP contribution < -0.4 is 5.32 Å².